The fourth-order valence-corrected chi connectivity index (χ4v) is 3.50. The van der Waals surface area contributed by atoms with Crippen molar-refractivity contribution in [2.24, 2.45) is 34.3 Å². The summed E-state index contributed by atoms with van der Waals surface area (Å²) in [6.07, 6.45) is 6.13. The van der Waals surface area contributed by atoms with Crippen LogP contribution in [0.2, 0.25) is 0 Å². The normalized spacial score (nSPS) is 16.2. The summed E-state index contributed by atoms with van der Waals surface area (Å²) in [6, 6.07) is 3.84. The van der Waals surface area contributed by atoms with Gasteiger partial charge in [-0.3, -0.25) is 5.01 Å². The summed E-state index contributed by atoms with van der Waals surface area (Å²) in [7, 11) is 1.67. The number of hydrogen-bond acceptors (Lipinski definition) is 9. The summed E-state index contributed by atoms with van der Waals surface area (Å²) >= 11 is 0. The van der Waals surface area contributed by atoms with Crippen LogP contribution in [0.1, 0.15) is 57.3 Å². The molecule has 0 bridgehead atoms. The first kappa shape index (κ1) is 24.5. The first-order valence-corrected chi connectivity index (χ1v) is 10.8. The highest BCUT2D eigenvalue weighted by Crippen LogP contribution is 2.26. The third-order valence-electron chi connectivity index (χ3n) is 5.15. The van der Waals surface area contributed by atoms with Crippen LogP contribution >= 0.6 is 0 Å². The van der Waals surface area contributed by atoms with E-state index in [0.717, 1.165) is 24.3 Å². The van der Waals surface area contributed by atoms with Gasteiger partial charge in [-0.1, -0.05) is 20.3 Å². The Morgan fingerprint density at radius 1 is 1.23 bits per heavy atom. The van der Waals surface area contributed by atoms with Crippen LogP contribution in [-0.2, 0) is 4.74 Å². The monoisotopic (exact) mass is 434 g/mol. The predicted octanol–water partition coefficient (Wildman–Crippen LogP) is 1.61. The summed E-state index contributed by atoms with van der Waals surface area (Å²) in [5, 5.41) is 6.37. The molecule has 2 rings (SSSR count). The Labute approximate surface area is 185 Å². The molecule has 1 saturated carbocycles. The fraction of sp³-hybridized carbons (Fsp3) is 0.619. The molecule has 1 fully saturated rings. The van der Waals surface area contributed by atoms with Gasteiger partial charge in [-0.05, 0) is 50.7 Å². The van der Waals surface area contributed by atoms with Crippen molar-refractivity contribution in [3.8, 4) is 5.75 Å². The first-order valence-electron chi connectivity index (χ1n) is 10.8. The lowest BCUT2D eigenvalue weighted by atomic mass is 9.98. The van der Waals surface area contributed by atoms with Crippen molar-refractivity contribution in [2.75, 3.05) is 20.2 Å². The summed E-state index contributed by atoms with van der Waals surface area (Å²) < 4.78 is 11.8. The van der Waals surface area contributed by atoms with E-state index in [1.54, 1.807) is 7.05 Å². The van der Waals surface area contributed by atoms with Crippen LogP contribution in [0.5, 0.6) is 5.75 Å². The second-order valence-corrected chi connectivity index (χ2v) is 8.38. The topological polar surface area (TPSA) is 154 Å². The van der Waals surface area contributed by atoms with Gasteiger partial charge in [-0.2, -0.15) is 0 Å². The number of hydrazine groups is 2. The van der Waals surface area contributed by atoms with Crippen LogP contribution in [0.4, 0.5) is 0 Å². The van der Waals surface area contributed by atoms with Gasteiger partial charge in [0.1, 0.15) is 12.4 Å². The third kappa shape index (κ3) is 7.18. The van der Waals surface area contributed by atoms with E-state index in [1.165, 1.54) is 29.3 Å². The quantitative estimate of drug-likeness (QED) is 0.207. The average molecular weight is 435 g/mol. The molecule has 1 aliphatic carbocycles. The van der Waals surface area contributed by atoms with Gasteiger partial charge in [0.05, 0.1) is 28.9 Å². The van der Waals surface area contributed by atoms with Crippen molar-refractivity contribution in [1.29, 1.82) is 0 Å². The number of amidine groups is 1. The third-order valence-corrected chi connectivity index (χ3v) is 5.15. The molecule has 0 radical (unpaired) electrons. The van der Waals surface area contributed by atoms with Crippen LogP contribution in [0.15, 0.2) is 22.9 Å². The van der Waals surface area contributed by atoms with Gasteiger partial charge in [-0.25, -0.2) is 16.7 Å². The molecule has 8 N–H and O–H groups in total. The van der Waals surface area contributed by atoms with E-state index in [0.29, 0.717) is 29.6 Å². The number of rotatable bonds is 8. The molecule has 0 unspecified atom stereocenters. The fourth-order valence-electron chi connectivity index (χ4n) is 3.50. The van der Waals surface area contributed by atoms with E-state index in [4.69, 9.17) is 32.7 Å². The number of hydrogen-bond donors (Lipinski definition) is 4. The highest BCUT2D eigenvalue weighted by atomic mass is 16.5. The van der Waals surface area contributed by atoms with Gasteiger partial charge in [0.2, 0.25) is 0 Å². The Morgan fingerprint density at radius 3 is 2.45 bits per heavy atom. The standard InChI is InChI=1S/C21H38N8O2/c1-14(2)12-29(25)21(27-23)30-13-18(28(4)24)20(22)17-10-11-19(15(3)26-17)31-16-8-6-5-7-9-16/h10-11,14,16H,5-9,12-13,22-25H2,1-4H3/b20-18-,27-21+. The van der Waals surface area contributed by atoms with Crippen LogP contribution in [0.25, 0.3) is 5.70 Å². The van der Waals surface area contributed by atoms with Crippen molar-refractivity contribution >= 4 is 11.7 Å². The lowest BCUT2D eigenvalue weighted by Crippen LogP contribution is -2.43. The molecule has 1 aliphatic rings. The minimum Gasteiger partial charge on any atom is -0.489 e. The Bertz CT molecular complexity index is 773. The van der Waals surface area contributed by atoms with Crippen molar-refractivity contribution < 1.29 is 9.47 Å². The summed E-state index contributed by atoms with van der Waals surface area (Å²) in [6.45, 7) is 6.53. The molecule has 0 amide bonds. The maximum absolute atomic E-state index is 6.39. The molecular weight excluding hydrogens is 396 g/mol. The van der Waals surface area contributed by atoms with Crippen LogP contribution in [0.3, 0.4) is 0 Å². The summed E-state index contributed by atoms with van der Waals surface area (Å²) in [5.41, 5.74) is 8.66. The lowest BCUT2D eigenvalue weighted by Gasteiger charge is -2.25. The zero-order chi connectivity index (χ0) is 23.0. The molecule has 1 aromatic heterocycles. The van der Waals surface area contributed by atoms with Crippen LogP contribution in [0, 0.1) is 12.8 Å². The molecule has 10 nitrogen and oxygen atoms in total. The van der Waals surface area contributed by atoms with E-state index in [9.17, 15) is 0 Å². The first-order chi connectivity index (χ1) is 14.7. The molecule has 0 aromatic carbocycles. The van der Waals surface area contributed by atoms with E-state index in [1.807, 2.05) is 32.9 Å². The minimum absolute atomic E-state index is 0.0295. The second kappa shape index (κ2) is 11.6. The molecule has 31 heavy (non-hydrogen) atoms. The van der Waals surface area contributed by atoms with Crippen LogP contribution < -0.4 is 28.0 Å². The zero-order valence-corrected chi connectivity index (χ0v) is 19.2. The molecule has 0 saturated heterocycles. The van der Waals surface area contributed by atoms with Crippen molar-refractivity contribution in [1.82, 2.24) is 15.0 Å². The molecule has 174 valence electrons. The number of nitrogens with two attached hydrogens (primary N) is 4. The van der Waals surface area contributed by atoms with E-state index < -0.39 is 0 Å². The largest absolute Gasteiger partial charge is 0.489 e. The van der Waals surface area contributed by atoms with Gasteiger partial charge in [-0.15, -0.1) is 5.10 Å². The number of likely N-dealkylation sites (N-methyl/N-ethyl adjacent to an activating group) is 1. The molecule has 1 heterocycles. The van der Waals surface area contributed by atoms with Gasteiger partial charge < -0.3 is 26.1 Å². The van der Waals surface area contributed by atoms with Gasteiger partial charge in [0, 0.05) is 13.6 Å². The molecule has 0 atom stereocenters. The lowest BCUT2D eigenvalue weighted by molar-refractivity contribution is 0.153. The van der Waals surface area contributed by atoms with Gasteiger partial charge >= 0.3 is 6.02 Å². The number of aryl methyl sites for hydroxylation is 1. The van der Waals surface area contributed by atoms with Crippen molar-refractivity contribution in [2.45, 2.75) is 59.0 Å². The van der Waals surface area contributed by atoms with E-state index in [-0.39, 0.29) is 18.7 Å². The second-order valence-electron chi connectivity index (χ2n) is 8.38. The van der Waals surface area contributed by atoms with Gasteiger partial charge in [0.25, 0.3) is 0 Å². The smallest absolute Gasteiger partial charge is 0.323 e. The highest BCUT2D eigenvalue weighted by molar-refractivity contribution is 5.73. The number of hydrazone groups is 1. The maximum Gasteiger partial charge on any atom is 0.323 e. The molecule has 0 aliphatic heterocycles. The van der Waals surface area contributed by atoms with Gasteiger partial charge in [0.15, 0.2) is 0 Å². The molecule has 10 heteroatoms. The Morgan fingerprint density at radius 2 is 1.90 bits per heavy atom. The predicted molar refractivity (Wildman–Crippen MR) is 123 cm³/mol. The number of pyridine rings is 1. The number of aromatic nitrogens is 1. The average Bonchev–Trinajstić information content (AvgIpc) is 2.72. The maximum atomic E-state index is 6.39. The summed E-state index contributed by atoms with van der Waals surface area (Å²) in [4.78, 5) is 4.63. The van der Waals surface area contributed by atoms with Crippen molar-refractivity contribution in [3.05, 3.63) is 29.2 Å². The SMILES string of the molecule is Cc1nc(/C(N)=C(\CO/C(=N/N)N(N)CC(C)C)N(C)N)ccc1OC1CCCCC1. The zero-order valence-electron chi connectivity index (χ0n) is 19.2. The van der Waals surface area contributed by atoms with E-state index >= 15 is 0 Å². The Balaban J connectivity index is 2.15. The van der Waals surface area contributed by atoms with Crippen molar-refractivity contribution in [3.63, 3.8) is 0 Å². The van der Waals surface area contributed by atoms with Crippen LogP contribution in [-0.4, -0.2) is 47.3 Å². The summed E-state index contributed by atoms with van der Waals surface area (Å²) in [5.74, 6) is 18.5. The Hall–Kier alpha value is -2.72. The highest BCUT2D eigenvalue weighted by Gasteiger charge is 2.19. The molecule has 0 spiro atoms. The van der Waals surface area contributed by atoms with E-state index in [2.05, 4.69) is 10.1 Å². The molecule has 1 aromatic rings. The molecular formula is C21H38N8O2. The number of ether oxygens (including phenoxy) is 2. The Kier molecular flexibility index (Phi) is 9.20. The minimum atomic E-state index is 0.0295. The number of nitrogens with zero attached hydrogens (tertiary/aromatic N) is 4.